The van der Waals surface area contributed by atoms with Crippen molar-refractivity contribution in [2.45, 2.75) is 81.7 Å². The van der Waals surface area contributed by atoms with Gasteiger partial charge in [-0.1, -0.05) is 30.7 Å². The van der Waals surface area contributed by atoms with E-state index in [1.807, 2.05) is 17.0 Å². The van der Waals surface area contributed by atoms with Gasteiger partial charge in [0.15, 0.2) is 0 Å². The second-order valence-electron chi connectivity index (χ2n) is 15.2. The summed E-state index contributed by atoms with van der Waals surface area (Å²) < 4.78 is 54.2. The number of amides is 2. The number of ether oxygens (including phenoxy) is 1. The number of benzene rings is 2. The van der Waals surface area contributed by atoms with E-state index in [9.17, 15) is 18.0 Å². The third kappa shape index (κ3) is 7.29. The van der Waals surface area contributed by atoms with Crippen molar-refractivity contribution in [1.82, 2.24) is 29.3 Å². The summed E-state index contributed by atoms with van der Waals surface area (Å²) >= 11 is 6.45. The predicted octanol–water partition coefficient (Wildman–Crippen LogP) is 4.77. The molecule has 3 aromatic rings. The first-order chi connectivity index (χ1) is 25.3. The van der Waals surface area contributed by atoms with Gasteiger partial charge in [-0.2, -0.15) is 5.10 Å². The summed E-state index contributed by atoms with van der Waals surface area (Å²) in [4.78, 5) is 37.9. The molecule has 2 aromatic carbocycles. The van der Waals surface area contributed by atoms with Crippen LogP contribution < -0.4 is 14.4 Å². The quantitative estimate of drug-likeness (QED) is 0.401. The molecular formula is C38H47ClFN7O5S. The highest BCUT2D eigenvalue weighted by atomic mass is 35.5. The molecule has 5 atom stereocenters. The lowest BCUT2D eigenvalue weighted by Crippen LogP contribution is -2.54. The van der Waals surface area contributed by atoms with Gasteiger partial charge >= 0.3 is 0 Å². The molecule has 3 aliphatic heterocycles. The number of likely N-dealkylation sites (N-methyl/N-ethyl adjacent to an activating group) is 1. The lowest BCUT2D eigenvalue weighted by atomic mass is 9.70. The number of aromatic nitrogens is 3. The van der Waals surface area contributed by atoms with E-state index in [2.05, 4.69) is 25.8 Å². The van der Waals surface area contributed by atoms with Crippen molar-refractivity contribution in [2.75, 3.05) is 38.2 Å². The fourth-order valence-electron chi connectivity index (χ4n) is 8.47. The smallest absolute Gasteiger partial charge is 0.264 e. The van der Waals surface area contributed by atoms with Crippen LogP contribution in [-0.4, -0.2) is 95.4 Å². The highest BCUT2D eigenvalue weighted by Gasteiger charge is 2.45. The fourth-order valence-corrected chi connectivity index (χ4v) is 9.95. The Morgan fingerprint density at radius 3 is 2.77 bits per heavy atom. The van der Waals surface area contributed by atoms with Gasteiger partial charge in [0.25, 0.3) is 5.91 Å². The van der Waals surface area contributed by atoms with Crippen LogP contribution in [0.3, 0.4) is 0 Å². The molecule has 4 heterocycles. The number of aryl methyl sites for hydroxylation is 2. The van der Waals surface area contributed by atoms with Crippen LogP contribution in [0.5, 0.6) is 5.75 Å². The van der Waals surface area contributed by atoms with E-state index in [0.717, 1.165) is 37.7 Å². The van der Waals surface area contributed by atoms with Gasteiger partial charge in [-0.25, -0.2) is 22.5 Å². The summed E-state index contributed by atoms with van der Waals surface area (Å²) in [6.07, 6.45) is 6.97. The highest BCUT2D eigenvalue weighted by molar-refractivity contribution is 7.90. The Hall–Kier alpha value is -4.01. The molecule has 2 bridgehead atoms. The molecule has 2 amide bonds. The molecular weight excluding hydrogens is 721 g/mol. The standard InChI is InChI=1S/C38H47ClFN7O5S/c1-24-9-13-31(40)35(37(49)44(3)20-34-41-23-42-45(34)4)47-16-6-8-29(47)19-46-21-38(15-5-7-26-17-28(39)11-12-30(26)38)22-52-33-14-10-27(18-32(33)46)36(48)43-53(50,51)25(24)2/h10-14,17-18,23-25,29,35H,5-9,15-16,19-22H2,1-4H3,(H,43,48)/b31-13-/t24-,25+,29-,35+,38-/m0/s1. The number of rotatable bonds is 3. The molecule has 1 spiro atoms. The largest absolute Gasteiger partial charge is 0.490 e. The second kappa shape index (κ2) is 14.7. The first kappa shape index (κ1) is 37.3. The van der Waals surface area contributed by atoms with Gasteiger partial charge in [-0.05, 0) is 99.4 Å². The number of allylic oxidation sites excluding steroid dienone is 1. The van der Waals surface area contributed by atoms with E-state index < -0.39 is 50.3 Å². The van der Waals surface area contributed by atoms with Crippen LogP contribution in [-0.2, 0) is 40.2 Å². The fraction of sp³-hybridized carbons (Fsp3) is 0.526. The number of hydrogen-bond donors (Lipinski definition) is 1. The first-order valence-corrected chi connectivity index (χ1v) is 20.2. The zero-order valence-corrected chi connectivity index (χ0v) is 32.2. The summed E-state index contributed by atoms with van der Waals surface area (Å²) in [5.41, 5.74) is 2.75. The van der Waals surface area contributed by atoms with Crippen molar-refractivity contribution in [3.05, 3.63) is 82.2 Å². The SMILES string of the molecule is C[C@@H]1[C@@H](C)C/C=C(\F)[C@H](C(=O)N(C)Cc2ncnn2C)N2CCC[C@H]2CN2C[C@@]3(CCCc4cc(Cl)ccc43)COc3ccc(cc32)C(=O)NS1(=O)=O. The zero-order chi connectivity index (χ0) is 37.7. The van der Waals surface area contributed by atoms with E-state index in [1.54, 1.807) is 43.9 Å². The molecule has 7 rings (SSSR count). The van der Waals surface area contributed by atoms with E-state index in [4.69, 9.17) is 16.3 Å². The van der Waals surface area contributed by atoms with Crippen LogP contribution in [0.15, 0.2) is 54.6 Å². The summed E-state index contributed by atoms with van der Waals surface area (Å²) in [6.45, 7) is 5.16. The highest BCUT2D eigenvalue weighted by Crippen LogP contribution is 2.45. The Labute approximate surface area is 315 Å². The van der Waals surface area contributed by atoms with Crippen LogP contribution in [0.1, 0.15) is 73.3 Å². The summed E-state index contributed by atoms with van der Waals surface area (Å²) in [7, 11) is -0.780. The van der Waals surface area contributed by atoms with Gasteiger partial charge in [-0.15, -0.1) is 0 Å². The third-order valence-corrected chi connectivity index (χ3v) is 13.9. The van der Waals surface area contributed by atoms with Crippen LogP contribution in [0.4, 0.5) is 10.1 Å². The van der Waals surface area contributed by atoms with Gasteiger partial charge in [0, 0.05) is 49.2 Å². The maximum Gasteiger partial charge on any atom is 0.264 e. The molecule has 0 radical (unpaired) electrons. The topological polar surface area (TPSA) is 130 Å². The predicted molar refractivity (Wildman–Crippen MR) is 200 cm³/mol. The van der Waals surface area contributed by atoms with E-state index in [0.29, 0.717) is 48.5 Å². The average Bonchev–Trinajstić information content (AvgIpc) is 3.72. The zero-order valence-electron chi connectivity index (χ0n) is 30.6. The Morgan fingerprint density at radius 1 is 1.19 bits per heavy atom. The Kier molecular flexibility index (Phi) is 10.3. The number of fused-ring (bicyclic) bond motifs is 4. The second-order valence-corrected chi connectivity index (χ2v) is 17.7. The number of carbonyl (C=O) groups is 2. The van der Waals surface area contributed by atoms with Gasteiger partial charge in [-0.3, -0.25) is 19.2 Å². The maximum atomic E-state index is 16.8. The summed E-state index contributed by atoms with van der Waals surface area (Å²) in [5, 5.41) is 3.76. The van der Waals surface area contributed by atoms with Gasteiger partial charge in [0.1, 0.15) is 29.8 Å². The first-order valence-electron chi connectivity index (χ1n) is 18.3. The molecule has 53 heavy (non-hydrogen) atoms. The van der Waals surface area contributed by atoms with Crippen molar-refractivity contribution < 1.29 is 27.1 Å². The molecule has 12 nitrogen and oxygen atoms in total. The molecule has 1 saturated heterocycles. The number of sulfonamides is 1. The van der Waals surface area contributed by atoms with Gasteiger partial charge < -0.3 is 14.5 Å². The number of halogens is 2. The van der Waals surface area contributed by atoms with Crippen LogP contribution >= 0.6 is 11.6 Å². The lowest BCUT2D eigenvalue weighted by Gasteiger charge is -2.42. The molecule has 1 N–H and O–H groups in total. The number of carbonyl (C=O) groups excluding carboxylic acids is 2. The molecule has 1 aliphatic carbocycles. The molecule has 4 aliphatic rings. The van der Waals surface area contributed by atoms with Crippen molar-refractivity contribution in [1.29, 1.82) is 0 Å². The Morgan fingerprint density at radius 2 is 2.00 bits per heavy atom. The van der Waals surface area contributed by atoms with Crippen molar-refractivity contribution >= 4 is 39.1 Å². The lowest BCUT2D eigenvalue weighted by molar-refractivity contribution is -0.135. The monoisotopic (exact) mass is 767 g/mol. The maximum absolute atomic E-state index is 16.8. The van der Waals surface area contributed by atoms with Crippen LogP contribution in [0.2, 0.25) is 5.02 Å². The molecule has 284 valence electrons. The minimum Gasteiger partial charge on any atom is -0.490 e. The summed E-state index contributed by atoms with van der Waals surface area (Å²) in [5.74, 6) is -1.24. The van der Waals surface area contributed by atoms with E-state index in [1.165, 1.54) is 29.8 Å². The van der Waals surface area contributed by atoms with Gasteiger partial charge in [0.2, 0.25) is 15.9 Å². The minimum atomic E-state index is -4.15. The molecule has 1 fully saturated rings. The Bertz CT molecular complexity index is 2040. The molecule has 1 aromatic heterocycles. The van der Waals surface area contributed by atoms with Crippen LogP contribution in [0.25, 0.3) is 0 Å². The van der Waals surface area contributed by atoms with Crippen molar-refractivity contribution in [3.8, 4) is 5.75 Å². The molecule has 15 heteroatoms. The van der Waals surface area contributed by atoms with E-state index in [-0.39, 0.29) is 24.6 Å². The number of anilines is 1. The average molecular weight is 768 g/mol. The van der Waals surface area contributed by atoms with Gasteiger partial charge in [0.05, 0.1) is 24.1 Å². The third-order valence-electron chi connectivity index (χ3n) is 11.8. The molecule has 0 unspecified atom stereocenters. The normalized spacial score (nSPS) is 28.5. The number of nitrogens with zero attached hydrogens (tertiary/aromatic N) is 6. The van der Waals surface area contributed by atoms with Crippen molar-refractivity contribution in [3.63, 3.8) is 0 Å². The van der Waals surface area contributed by atoms with E-state index >= 15 is 4.39 Å². The number of nitrogens with one attached hydrogen (secondary N) is 1. The van der Waals surface area contributed by atoms with Crippen LogP contribution in [0, 0.1) is 5.92 Å². The molecule has 0 saturated carbocycles. The minimum absolute atomic E-state index is 0.0473. The number of hydrogen-bond acceptors (Lipinski definition) is 9. The van der Waals surface area contributed by atoms with Crippen molar-refractivity contribution in [2.24, 2.45) is 13.0 Å². The Balaban J connectivity index is 1.33. The summed E-state index contributed by atoms with van der Waals surface area (Å²) in [6, 6.07) is 9.57.